The van der Waals surface area contributed by atoms with Crippen LogP contribution in [0.5, 0.6) is 0 Å². The van der Waals surface area contributed by atoms with Crippen molar-refractivity contribution in [3.8, 4) is 0 Å². The first-order chi connectivity index (χ1) is 0. The third-order valence-corrected chi connectivity index (χ3v) is 0. The summed E-state index contributed by atoms with van der Waals surface area (Å²) in [6.45, 7) is 0. The summed E-state index contributed by atoms with van der Waals surface area (Å²) in [6, 6.07) is 0. The molecule has 0 radical (unpaired) electrons. The molecule has 0 spiro atoms. The van der Waals surface area contributed by atoms with Crippen molar-refractivity contribution in [1.82, 2.24) is 0 Å². The van der Waals surface area contributed by atoms with Crippen molar-refractivity contribution in [1.29, 1.82) is 0 Å². The Balaban J connectivity index is 0. The van der Waals surface area contributed by atoms with Gasteiger partial charge in [0.1, 0.15) is 0 Å². The van der Waals surface area contributed by atoms with Crippen LogP contribution in [0.2, 0.25) is 0 Å². The van der Waals surface area contributed by atoms with Crippen LogP contribution in [0, 0.1) is 0 Å². The largest absolute Gasteiger partial charge is 0 e. The van der Waals surface area contributed by atoms with Gasteiger partial charge in [0.05, 0.1) is 0 Å². The second-order valence-electron chi connectivity index (χ2n) is 0. The minimum atomic E-state index is 0. The van der Waals surface area contributed by atoms with Gasteiger partial charge < -0.3 is 0 Å². The zero-order chi connectivity index (χ0) is 0. The molecule has 0 unspecified atom stereocenters. The smallest absolute Gasteiger partial charge is 0 e. The Morgan fingerprint density at radius 3 is 0.500 bits per heavy atom. The van der Waals surface area contributed by atoms with Gasteiger partial charge in [0.15, 0.2) is 0 Å². The summed E-state index contributed by atoms with van der Waals surface area (Å²) < 4.78 is 0. The van der Waals surface area contributed by atoms with Gasteiger partial charge in [-0.1, -0.05) is 0 Å². The van der Waals surface area contributed by atoms with Crippen LogP contribution in [-0.2, 0) is 19.5 Å². The summed E-state index contributed by atoms with van der Waals surface area (Å²) in [5.41, 5.74) is 0. The average molecular weight is 137 g/mol. The second-order valence-corrected chi connectivity index (χ2v) is 0. The second kappa shape index (κ2) is 16.0. The maximum Gasteiger partial charge on any atom is 0 e. The van der Waals surface area contributed by atoms with E-state index in [-0.39, 0.29) is 108 Å². The summed E-state index contributed by atoms with van der Waals surface area (Å²) in [4.78, 5) is 0. The van der Waals surface area contributed by atoms with Crippen molar-refractivity contribution in [3.05, 3.63) is 0 Å². The molecule has 0 saturated heterocycles. The van der Waals surface area contributed by atoms with Crippen molar-refractivity contribution in [3.63, 3.8) is 0 Å². The van der Waals surface area contributed by atoms with Crippen LogP contribution in [0.25, 0.3) is 0 Å². The molecule has 0 N–H and O–H groups in total. The molecule has 0 nitrogen and oxygen atoms in total. The molecule has 0 bridgehead atoms. The van der Waals surface area contributed by atoms with Crippen molar-refractivity contribution in [2.24, 2.45) is 0 Å². The summed E-state index contributed by atoms with van der Waals surface area (Å²) >= 11 is 0. The van der Waals surface area contributed by atoms with E-state index in [1.54, 1.807) is 0 Å². The van der Waals surface area contributed by atoms with E-state index in [1.165, 1.54) is 0 Å². The van der Waals surface area contributed by atoms with Gasteiger partial charge >= 0.3 is 88.7 Å². The molecule has 0 aliphatic rings. The van der Waals surface area contributed by atoms with Crippen molar-refractivity contribution >= 4 is 88.7 Å². The Bertz CT molecular complexity index is 3.25. The van der Waals surface area contributed by atoms with E-state index >= 15 is 0 Å². The predicted molar refractivity (Wildman–Crippen MR) is 21.4 cm³/mol. The first-order valence-electron chi connectivity index (χ1n) is 0. The van der Waals surface area contributed by atoms with Gasteiger partial charge in [-0.05, 0) is 0 Å². The van der Waals surface area contributed by atoms with Crippen LogP contribution >= 0.6 is 0 Å². The standard InChI is InChI=1S/3Na.Zn.3H. The Hall–Kier alpha value is 3.62. The molecule has 8 valence electrons. The molecule has 0 fully saturated rings. The van der Waals surface area contributed by atoms with E-state index < -0.39 is 0 Å². The third-order valence-electron chi connectivity index (χ3n) is 0. The monoisotopic (exact) mass is 136 g/mol. The van der Waals surface area contributed by atoms with Gasteiger partial charge in [-0.25, -0.2) is 0 Å². The van der Waals surface area contributed by atoms with Crippen LogP contribution in [0.4, 0.5) is 0 Å². The Labute approximate surface area is 105 Å². The molecule has 0 aromatic carbocycles. The molecule has 4 heteroatoms. The minimum Gasteiger partial charge on any atom is 0 e. The third kappa shape index (κ3) is 9.16. The van der Waals surface area contributed by atoms with Crippen LogP contribution in [0.1, 0.15) is 0 Å². The van der Waals surface area contributed by atoms with Crippen LogP contribution < -0.4 is 0 Å². The van der Waals surface area contributed by atoms with E-state index in [1.807, 2.05) is 0 Å². The molecule has 0 aliphatic heterocycles. The van der Waals surface area contributed by atoms with Gasteiger partial charge in [0, 0.05) is 19.5 Å². The van der Waals surface area contributed by atoms with E-state index in [4.69, 9.17) is 0 Å². The van der Waals surface area contributed by atoms with Gasteiger partial charge in [0.2, 0.25) is 0 Å². The maximum absolute atomic E-state index is 0. The van der Waals surface area contributed by atoms with Crippen molar-refractivity contribution < 1.29 is 19.5 Å². The topological polar surface area (TPSA) is 0 Å². The summed E-state index contributed by atoms with van der Waals surface area (Å²) in [7, 11) is 0. The number of hydrogen-bond donors (Lipinski definition) is 0. The summed E-state index contributed by atoms with van der Waals surface area (Å²) in [5, 5.41) is 0. The van der Waals surface area contributed by atoms with Crippen LogP contribution in [-0.4, -0.2) is 88.7 Å². The molecule has 0 rings (SSSR count). The SMILES string of the molecule is [NaH].[NaH].[NaH].[Zn]. The van der Waals surface area contributed by atoms with Crippen LogP contribution in [0.3, 0.4) is 0 Å². The van der Waals surface area contributed by atoms with E-state index in [9.17, 15) is 0 Å². The molecule has 0 aromatic heterocycles. The normalized spacial score (nSPS) is 0. The van der Waals surface area contributed by atoms with E-state index in [0.29, 0.717) is 0 Å². The average Bonchev–Trinajstić information content (AvgIpc) is 0. The fourth-order valence-electron chi connectivity index (χ4n) is 0. The Morgan fingerprint density at radius 1 is 0.500 bits per heavy atom. The molecular formula is H3Na3Zn. The molecule has 0 saturated carbocycles. The van der Waals surface area contributed by atoms with Gasteiger partial charge in [-0.15, -0.1) is 0 Å². The zero-order valence-corrected chi connectivity index (χ0v) is 3.67. The molecule has 0 atom stereocenters. The van der Waals surface area contributed by atoms with Crippen LogP contribution in [0.15, 0.2) is 0 Å². The molecule has 0 amide bonds. The van der Waals surface area contributed by atoms with Gasteiger partial charge in [-0.2, -0.15) is 0 Å². The Morgan fingerprint density at radius 2 is 0.500 bits per heavy atom. The summed E-state index contributed by atoms with van der Waals surface area (Å²) in [5.74, 6) is 0. The first kappa shape index (κ1) is 25.5. The fourth-order valence-corrected chi connectivity index (χ4v) is 0. The fraction of sp³-hybridized carbons (Fsp3) is 0. The molecule has 0 heterocycles. The van der Waals surface area contributed by atoms with Crippen molar-refractivity contribution in [2.75, 3.05) is 0 Å². The number of hydrogen-bond acceptors (Lipinski definition) is 0. The molecule has 0 aliphatic carbocycles. The first-order valence-corrected chi connectivity index (χ1v) is 0. The minimum absolute atomic E-state index is 0. The quantitative estimate of drug-likeness (QED) is 0.341. The van der Waals surface area contributed by atoms with E-state index in [0.717, 1.165) is 0 Å². The molecular weight excluding hydrogens is 134 g/mol. The van der Waals surface area contributed by atoms with Gasteiger partial charge in [0.25, 0.3) is 0 Å². The maximum atomic E-state index is 0. The van der Waals surface area contributed by atoms with Gasteiger partial charge in [-0.3, -0.25) is 0 Å². The number of rotatable bonds is 0. The molecule has 0 aromatic rings. The summed E-state index contributed by atoms with van der Waals surface area (Å²) in [6.07, 6.45) is 0. The van der Waals surface area contributed by atoms with Crippen molar-refractivity contribution in [2.45, 2.75) is 0 Å². The molecule has 4 heavy (non-hydrogen) atoms. The zero-order valence-electron chi connectivity index (χ0n) is 0.707. The predicted octanol–water partition coefficient (Wildman–Crippen LogP) is -1.95. The Kier molecular flexibility index (Phi) is 102. The van der Waals surface area contributed by atoms with E-state index in [2.05, 4.69) is 0 Å².